The van der Waals surface area contributed by atoms with Crippen molar-refractivity contribution in [2.45, 2.75) is 11.8 Å². The summed E-state index contributed by atoms with van der Waals surface area (Å²) in [7, 11) is -3.57. The summed E-state index contributed by atoms with van der Waals surface area (Å²) in [4.78, 5) is 3.56. The number of sulfonamides is 1. The lowest BCUT2D eigenvalue weighted by Gasteiger charge is -2.06. The molecule has 0 aliphatic carbocycles. The first-order valence-corrected chi connectivity index (χ1v) is 5.69. The van der Waals surface area contributed by atoms with E-state index in [0.717, 1.165) is 5.56 Å². The van der Waals surface area contributed by atoms with Crippen molar-refractivity contribution in [3.05, 3.63) is 42.2 Å². The third-order valence-corrected chi connectivity index (χ3v) is 3.17. The molecule has 0 atom stereocenters. The molecule has 0 unspecified atom stereocenters. The molecule has 15 heavy (non-hydrogen) atoms. The van der Waals surface area contributed by atoms with E-state index >= 15 is 0 Å². The quantitative estimate of drug-likeness (QED) is 0.787. The van der Waals surface area contributed by atoms with Crippen LogP contribution in [0.5, 0.6) is 0 Å². The zero-order valence-electron chi connectivity index (χ0n) is 8.40. The molecule has 1 rings (SSSR count). The molecule has 1 N–H and O–H groups in total. The Bertz CT molecular complexity index is 475. The van der Waals surface area contributed by atoms with E-state index in [1.54, 1.807) is 12.1 Å². The predicted octanol–water partition coefficient (Wildman–Crippen LogP) is 1.45. The maximum atomic E-state index is 11.7. The van der Waals surface area contributed by atoms with Crippen LogP contribution in [0.4, 0.5) is 0 Å². The van der Waals surface area contributed by atoms with Crippen LogP contribution in [0.3, 0.4) is 0 Å². The Labute approximate surface area is 89.4 Å². The van der Waals surface area contributed by atoms with E-state index in [1.807, 2.05) is 6.92 Å². The van der Waals surface area contributed by atoms with Gasteiger partial charge in [-0.25, -0.2) is 13.4 Å². The van der Waals surface area contributed by atoms with Gasteiger partial charge in [-0.3, -0.25) is 4.72 Å². The molecule has 80 valence electrons. The Kier molecular flexibility index (Phi) is 3.26. The molecule has 0 heterocycles. The largest absolute Gasteiger partial charge is 0.264 e. The number of benzene rings is 1. The third kappa shape index (κ3) is 2.92. The molecule has 0 radical (unpaired) electrons. The highest BCUT2D eigenvalue weighted by atomic mass is 32.2. The topological polar surface area (TPSA) is 58.5 Å². The standard InChI is InChI=1S/C10H12N2O2S/c1-8-4-6-10(7-5-8)15(13,14)12-9(2)11-3/h4-7,12H,2-3H2,1H3. The predicted molar refractivity (Wildman–Crippen MR) is 60.2 cm³/mol. The van der Waals surface area contributed by atoms with Gasteiger partial charge in [0, 0.05) is 0 Å². The zero-order valence-corrected chi connectivity index (χ0v) is 9.21. The summed E-state index contributed by atoms with van der Waals surface area (Å²) in [5, 5.41) is 0. The average Bonchev–Trinajstić information content (AvgIpc) is 2.17. The van der Waals surface area contributed by atoms with Crippen LogP contribution in [0.2, 0.25) is 0 Å². The van der Waals surface area contributed by atoms with Crippen LogP contribution >= 0.6 is 0 Å². The second kappa shape index (κ2) is 4.27. The third-order valence-electron chi connectivity index (χ3n) is 1.77. The minimum Gasteiger partial charge on any atom is -0.264 e. The van der Waals surface area contributed by atoms with Crippen molar-refractivity contribution >= 4 is 16.7 Å². The summed E-state index contributed by atoms with van der Waals surface area (Å²) < 4.78 is 25.5. The number of nitrogens with zero attached hydrogens (tertiary/aromatic N) is 1. The lowest BCUT2D eigenvalue weighted by Crippen LogP contribution is -2.21. The smallest absolute Gasteiger partial charge is 0.263 e. The first kappa shape index (κ1) is 11.5. The van der Waals surface area contributed by atoms with Crippen LogP contribution in [0.15, 0.2) is 46.6 Å². The maximum absolute atomic E-state index is 11.7. The Morgan fingerprint density at radius 3 is 2.33 bits per heavy atom. The summed E-state index contributed by atoms with van der Waals surface area (Å²) in [5.41, 5.74) is 0.995. The van der Waals surface area contributed by atoms with Crippen LogP contribution < -0.4 is 4.72 Å². The fraction of sp³-hybridized carbons (Fsp3) is 0.100. The van der Waals surface area contributed by atoms with Gasteiger partial charge >= 0.3 is 0 Å². The summed E-state index contributed by atoms with van der Waals surface area (Å²) in [5.74, 6) is 0.00979. The molecule has 0 aliphatic heterocycles. The van der Waals surface area contributed by atoms with Gasteiger partial charge in [-0.1, -0.05) is 24.3 Å². The lowest BCUT2D eigenvalue weighted by molar-refractivity contribution is 0.588. The Balaban J connectivity index is 3.01. The zero-order chi connectivity index (χ0) is 11.5. The second-order valence-electron chi connectivity index (χ2n) is 3.02. The minimum absolute atomic E-state index is 0.00979. The molecule has 4 nitrogen and oxygen atoms in total. The van der Waals surface area contributed by atoms with Crippen molar-refractivity contribution in [1.29, 1.82) is 0 Å². The molecule has 0 saturated carbocycles. The molecule has 1 aromatic rings. The molecule has 0 fully saturated rings. The molecule has 0 spiro atoms. The van der Waals surface area contributed by atoms with E-state index in [2.05, 4.69) is 23.0 Å². The number of rotatable bonds is 4. The summed E-state index contributed by atoms with van der Waals surface area (Å²) >= 11 is 0. The van der Waals surface area contributed by atoms with Crippen LogP contribution in [0.25, 0.3) is 0 Å². The number of nitrogens with one attached hydrogen (secondary N) is 1. The first-order valence-electron chi connectivity index (χ1n) is 4.21. The fourth-order valence-corrected chi connectivity index (χ4v) is 1.95. The highest BCUT2D eigenvalue weighted by molar-refractivity contribution is 7.89. The van der Waals surface area contributed by atoms with Crippen molar-refractivity contribution in [1.82, 2.24) is 4.72 Å². The van der Waals surface area contributed by atoms with Crippen LogP contribution in [-0.2, 0) is 10.0 Å². The lowest BCUT2D eigenvalue weighted by atomic mass is 10.2. The molecule has 0 bridgehead atoms. The van der Waals surface area contributed by atoms with Gasteiger partial charge in [0.05, 0.1) is 4.90 Å². The molecule has 0 amide bonds. The highest BCUT2D eigenvalue weighted by Crippen LogP contribution is 2.10. The summed E-state index contributed by atoms with van der Waals surface area (Å²) in [6.45, 7) is 8.44. The molecule has 0 aliphatic rings. The molecule has 1 aromatic carbocycles. The number of hydrogen-bond donors (Lipinski definition) is 1. The number of aliphatic imine (C=N–C) groups is 1. The van der Waals surface area contributed by atoms with Crippen molar-refractivity contribution in [2.75, 3.05) is 0 Å². The first-order chi connectivity index (χ1) is 6.95. The molecular formula is C10H12N2O2S. The van der Waals surface area contributed by atoms with Gasteiger partial charge in [0.1, 0.15) is 5.82 Å². The summed E-state index contributed by atoms with van der Waals surface area (Å²) in [6.07, 6.45) is 0. The molecular weight excluding hydrogens is 212 g/mol. The van der Waals surface area contributed by atoms with Gasteiger partial charge in [-0.2, -0.15) is 0 Å². The van der Waals surface area contributed by atoms with Gasteiger partial charge in [-0.15, -0.1) is 0 Å². The van der Waals surface area contributed by atoms with Crippen LogP contribution in [0, 0.1) is 6.92 Å². The van der Waals surface area contributed by atoms with Gasteiger partial charge in [0.2, 0.25) is 0 Å². The van der Waals surface area contributed by atoms with E-state index in [9.17, 15) is 8.42 Å². The SMILES string of the molecule is C=NC(=C)NS(=O)(=O)c1ccc(C)cc1. The van der Waals surface area contributed by atoms with Crippen molar-refractivity contribution in [2.24, 2.45) is 4.99 Å². The Morgan fingerprint density at radius 2 is 1.87 bits per heavy atom. The van der Waals surface area contributed by atoms with Crippen molar-refractivity contribution in [3.8, 4) is 0 Å². The highest BCUT2D eigenvalue weighted by Gasteiger charge is 2.13. The van der Waals surface area contributed by atoms with E-state index in [4.69, 9.17) is 0 Å². The fourth-order valence-electron chi connectivity index (χ4n) is 0.964. The van der Waals surface area contributed by atoms with Crippen molar-refractivity contribution in [3.63, 3.8) is 0 Å². The van der Waals surface area contributed by atoms with Gasteiger partial charge in [-0.05, 0) is 25.8 Å². The number of aryl methyl sites for hydroxylation is 1. The normalized spacial score (nSPS) is 10.7. The number of hydrogen-bond acceptors (Lipinski definition) is 3. The average molecular weight is 224 g/mol. The monoisotopic (exact) mass is 224 g/mol. The van der Waals surface area contributed by atoms with Crippen molar-refractivity contribution < 1.29 is 8.42 Å². The maximum Gasteiger partial charge on any atom is 0.263 e. The Hall–Kier alpha value is -1.62. The molecule has 0 saturated heterocycles. The molecule has 0 aromatic heterocycles. The Morgan fingerprint density at radius 1 is 1.33 bits per heavy atom. The van der Waals surface area contributed by atoms with E-state index in [-0.39, 0.29) is 10.7 Å². The van der Waals surface area contributed by atoms with Gasteiger partial charge in [0.25, 0.3) is 10.0 Å². The van der Waals surface area contributed by atoms with E-state index in [0.29, 0.717) is 0 Å². The van der Waals surface area contributed by atoms with Gasteiger partial charge < -0.3 is 0 Å². The van der Waals surface area contributed by atoms with E-state index < -0.39 is 10.0 Å². The molecule has 5 heteroatoms. The van der Waals surface area contributed by atoms with Crippen LogP contribution in [-0.4, -0.2) is 15.1 Å². The minimum atomic E-state index is -3.57. The van der Waals surface area contributed by atoms with Gasteiger partial charge in [0.15, 0.2) is 0 Å². The second-order valence-corrected chi connectivity index (χ2v) is 4.71. The summed E-state index contributed by atoms with van der Waals surface area (Å²) in [6, 6.07) is 6.49. The van der Waals surface area contributed by atoms with E-state index in [1.165, 1.54) is 12.1 Å². The van der Waals surface area contributed by atoms with Crippen LogP contribution in [0.1, 0.15) is 5.56 Å².